The van der Waals surface area contributed by atoms with Crippen LogP contribution in [-0.2, 0) is 14.5 Å². The van der Waals surface area contributed by atoms with Crippen molar-refractivity contribution in [3.8, 4) is 11.5 Å². The van der Waals surface area contributed by atoms with E-state index >= 15 is 0 Å². The second kappa shape index (κ2) is 9.13. The van der Waals surface area contributed by atoms with Gasteiger partial charge in [-0.3, -0.25) is 0 Å². The molecule has 0 N–H and O–H groups in total. The lowest BCUT2D eigenvalue weighted by Gasteiger charge is -2.33. The Hall–Kier alpha value is -1.80. The Morgan fingerprint density at radius 2 is 1.68 bits per heavy atom. The Bertz CT molecular complexity index is 838. The van der Waals surface area contributed by atoms with Crippen LogP contribution < -0.4 is 9.47 Å². The predicted molar refractivity (Wildman–Crippen MR) is 111 cm³/mol. The van der Waals surface area contributed by atoms with Gasteiger partial charge in [-0.2, -0.15) is 4.36 Å². The van der Waals surface area contributed by atoms with E-state index in [0.29, 0.717) is 47.0 Å². The van der Waals surface area contributed by atoms with Gasteiger partial charge in [0.05, 0.1) is 39.6 Å². The highest BCUT2D eigenvalue weighted by atomic mass is 32.2. The second-order valence-corrected chi connectivity index (χ2v) is 9.19. The first-order chi connectivity index (χ1) is 13.5. The third-order valence-electron chi connectivity index (χ3n) is 4.94. The third kappa shape index (κ3) is 4.27. The molecule has 1 atom stereocenters. The van der Waals surface area contributed by atoms with Crippen LogP contribution in [0, 0.1) is 0 Å². The van der Waals surface area contributed by atoms with Crippen LogP contribution >= 0.6 is 0 Å². The number of rotatable bonds is 7. The summed E-state index contributed by atoms with van der Waals surface area (Å²) in [4.78, 5) is 7.50. The Kier molecular flexibility index (Phi) is 6.82. The summed E-state index contributed by atoms with van der Waals surface area (Å²) in [6, 6.07) is 3.63. The fourth-order valence-electron chi connectivity index (χ4n) is 3.53. The highest BCUT2D eigenvalue weighted by Gasteiger charge is 2.29. The van der Waals surface area contributed by atoms with Crippen LogP contribution in [0.2, 0.25) is 0 Å². The monoisotopic (exact) mass is 409 g/mol. The van der Waals surface area contributed by atoms with Gasteiger partial charge >= 0.3 is 0 Å². The molecule has 156 valence electrons. The molecule has 2 aliphatic rings. The lowest BCUT2D eigenvalue weighted by Crippen LogP contribution is -2.41. The van der Waals surface area contributed by atoms with Gasteiger partial charge in [-0.15, -0.1) is 0 Å². The van der Waals surface area contributed by atoms with Crippen molar-refractivity contribution in [2.75, 3.05) is 38.7 Å². The summed E-state index contributed by atoms with van der Waals surface area (Å²) in [5.41, 5.74) is 0.663. The van der Waals surface area contributed by atoms with Gasteiger partial charge in [0.25, 0.3) is 0 Å². The molecule has 2 aliphatic heterocycles. The van der Waals surface area contributed by atoms with Crippen molar-refractivity contribution in [2.45, 2.75) is 51.5 Å². The van der Waals surface area contributed by atoms with Gasteiger partial charge in [-0.1, -0.05) is 6.92 Å². The summed E-state index contributed by atoms with van der Waals surface area (Å²) >= 11 is 0. The van der Waals surface area contributed by atoms with E-state index in [-0.39, 0.29) is 6.10 Å². The van der Waals surface area contributed by atoms with E-state index < -0.39 is 9.73 Å². The van der Waals surface area contributed by atoms with Gasteiger partial charge in [-0.05, 0) is 33.6 Å². The molecule has 8 heteroatoms. The molecule has 28 heavy (non-hydrogen) atoms. The van der Waals surface area contributed by atoms with Crippen molar-refractivity contribution < 1.29 is 18.4 Å². The van der Waals surface area contributed by atoms with Crippen molar-refractivity contribution in [2.24, 2.45) is 9.36 Å². The van der Waals surface area contributed by atoms with Crippen molar-refractivity contribution in [1.29, 1.82) is 0 Å². The molecule has 1 fully saturated rings. The van der Waals surface area contributed by atoms with E-state index in [1.54, 1.807) is 6.07 Å². The molecule has 0 saturated carbocycles. The average molecular weight is 410 g/mol. The molecule has 1 aromatic carbocycles. The molecule has 0 radical (unpaired) electrons. The Morgan fingerprint density at radius 3 is 2.25 bits per heavy atom. The van der Waals surface area contributed by atoms with E-state index in [9.17, 15) is 4.21 Å². The number of hydrogen-bond acceptors (Lipinski definition) is 7. The molecule has 0 amide bonds. The zero-order chi connectivity index (χ0) is 20.1. The number of nitrogens with zero attached hydrogens (tertiary/aromatic N) is 3. The van der Waals surface area contributed by atoms with Crippen LogP contribution in [0.4, 0.5) is 5.69 Å². The summed E-state index contributed by atoms with van der Waals surface area (Å²) < 4.78 is 35.4. The molecule has 1 aromatic rings. The van der Waals surface area contributed by atoms with Crippen LogP contribution in [-0.4, -0.2) is 59.8 Å². The number of guanidine groups is 1. The van der Waals surface area contributed by atoms with Gasteiger partial charge in [-0.25, -0.2) is 9.20 Å². The Morgan fingerprint density at radius 1 is 1.04 bits per heavy atom. The summed E-state index contributed by atoms with van der Waals surface area (Å²) in [5.74, 6) is 2.20. The quantitative estimate of drug-likeness (QED) is 0.684. The molecular weight excluding hydrogens is 378 g/mol. The largest absolute Gasteiger partial charge is 0.490 e. The Balaban J connectivity index is 1.97. The maximum atomic E-state index is 13.6. The van der Waals surface area contributed by atoms with Crippen LogP contribution in [0.5, 0.6) is 11.5 Å². The minimum absolute atomic E-state index is 0.284. The number of likely N-dealkylation sites (tertiary alicyclic amines) is 1. The lowest BCUT2D eigenvalue weighted by molar-refractivity contribution is 0.0268. The van der Waals surface area contributed by atoms with Crippen LogP contribution in [0.25, 0.3) is 0 Å². The van der Waals surface area contributed by atoms with Crippen LogP contribution in [0.1, 0.15) is 40.5 Å². The number of hydrogen-bond donors (Lipinski definition) is 0. The average Bonchev–Trinajstić information content (AvgIpc) is 2.70. The van der Waals surface area contributed by atoms with Crippen molar-refractivity contribution in [1.82, 2.24) is 4.90 Å². The van der Waals surface area contributed by atoms with E-state index in [4.69, 9.17) is 19.2 Å². The number of ether oxygens (including phenoxy) is 3. The predicted octanol–water partition coefficient (Wildman–Crippen LogP) is 3.83. The van der Waals surface area contributed by atoms with Gasteiger partial charge in [0, 0.05) is 37.6 Å². The van der Waals surface area contributed by atoms with Crippen LogP contribution in [0.15, 0.2) is 26.4 Å². The summed E-state index contributed by atoms with van der Waals surface area (Å²) in [6.07, 6.45) is 2.14. The molecule has 7 nitrogen and oxygen atoms in total. The normalized spacial score (nSPS) is 22.3. The van der Waals surface area contributed by atoms with Crippen molar-refractivity contribution in [3.05, 3.63) is 12.1 Å². The zero-order valence-electron chi connectivity index (χ0n) is 17.3. The first kappa shape index (κ1) is 20.9. The van der Waals surface area contributed by atoms with Crippen molar-refractivity contribution in [3.63, 3.8) is 0 Å². The fraction of sp³-hybridized carbons (Fsp3) is 0.650. The molecule has 0 aliphatic carbocycles. The zero-order valence-corrected chi connectivity index (χ0v) is 18.1. The first-order valence-corrected chi connectivity index (χ1v) is 11.9. The minimum atomic E-state index is -2.60. The van der Waals surface area contributed by atoms with Gasteiger partial charge < -0.3 is 19.1 Å². The van der Waals surface area contributed by atoms with E-state index in [2.05, 4.69) is 9.26 Å². The second-order valence-electron chi connectivity index (χ2n) is 6.71. The van der Waals surface area contributed by atoms with Gasteiger partial charge in [0.15, 0.2) is 11.5 Å². The SMILES string of the molecule is CCOc1cc2c(cc1OCC)S(=O)(CC)=NC(N1CCC(OCC)CC1)=N2. The lowest BCUT2D eigenvalue weighted by atomic mass is 10.1. The van der Waals surface area contributed by atoms with Crippen molar-refractivity contribution >= 4 is 21.4 Å². The third-order valence-corrected chi connectivity index (χ3v) is 7.19. The van der Waals surface area contributed by atoms with E-state index in [0.717, 1.165) is 32.5 Å². The molecule has 2 heterocycles. The van der Waals surface area contributed by atoms with E-state index in [1.165, 1.54) is 0 Å². The maximum Gasteiger partial charge on any atom is 0.234 e. The highest BCUT2D eigenvalue weighted by molar-refractivity contribution is 7.94. The standard InChI is InChI=1S/C20H31N3O4S/c1-5-25-15-9-11-23(12-10-15)20-21-16-13-17(26-6-2)18(27-7-3)14-19(16)28(24,8-4)22-20/h13-15H,5-12H2,1-4H3. The fourth-order valence-corrected chi connectivity index (χ4v) is 5.21. The Labute approximate surface area is 168 Å². The summed E-state index contributed by atoms with van der Waals surface area (Å²) in [7, 11) is -2.60. The topological polar surface area (TPSA) is 72.7 Å². The van der Waals surface area contributed by atoms with E-state index in [1.807, 2.05) is 33.8 Å². The first-order valence-electron chi connectivity index (χ1n) is 10.2. The molecule has 0 aromatic heterocycles. The van der Waals surface area contributed by atoms with Crippen LogP contribution in [0.3, 0.4) is 0 Å². The molecule has 0 bridgehead atoms. The molecule has 1 unspecified atom stereocenters. The summed E-state index contributed by atoms with van der Waals surface area (Å²) in [6.45, 7) is 11.1. The molecule has 1 saturated heterocycles. The molecule has 3 rings (SSSR count). The highest BCUT2D eigenvalue weighted by Crippen LogP contribution is 2.41. The van der Waals surface area contributed by atoms with Gasteiger partial charge in [0.1, 0.15) is 0 Å². The maximum absolute atomic E-state index is 13.6. The number of benzene rings is 1. The minimum Gasteiger partial charge on any atom is -0.490 e. The summed E-state index contributed by atoms with van der Waals surface area (Å²) in [5, 5.41) is 0. The molecule has 0 spiro atoms. The number of piperidine rings is 1. The molecular formula is C20H31N3O4S. The number of fused-ring (bicyclic) bond motifs is 1. The van der Waals surface area contributed by atoms with Gasteiger partial charge in [0.2, 0.25) is 5.96 Å². The number of aliphatic imine (C=N–C) groups is 1. The smallest absolute Gasteiger partial charge is 0.234 e.